The third-order valence-electron chi connectivity index (χ3n) is 5.78. The van der Waals surface area contributed by atoms with Gasteiger partial charge in [-0.25, -0.2) is 0 Å². The van der Waals surface area contributed by atoms with Gasteiger partial charge in [0.1, 0.15) is 0 Å². The first kappa shape index (κ1) is 16.3. The predicted octanol–water partition coefficient (Wildman–Crippen LogP) is 2.57. The van der Waals surface area contributed by atoms with Crippen LogP contribution in [0.2, 0.25) is 0 Å². The quantitative estimate of drug-likeness (QED) is 0.835. The summed E-state index contributed by atoms with van der Waals surface area (Å²) >= 11 is 0. The second-order valence-electron chi connectivity index (χ2n) is 7.13. The van der Waals surface area contributed by atoms with E-state index >= 15 is 0 Å². The summed E-state index contributed by atoms with van der Waals surface area (Å²) in [5, 5.41) is 3.59. The Balaban J connectivity index is 1.94. The van der Waals surface area contributed by atoms with E-state index in [0.717, 1.165) is 18.0 Å². The number of nitrogens with one attached hydrogen (secondary N) is 1. The van der Waals surface area contributed by atoms with Crippen LogP contribution in [0.5, 0.6) is 0 Å². The summed E-state index contributed by atoms with van der Waals surface area (Å²) in [6, 6.07) is 2.25. The lowest BCUT2D eigenvalue weighted by atomic mass is 9.79. The molecule has 2 rings (SSSR count). The molecule has 20 heavy (non-hydrogen) atoms. The van der Waals surface area contributed by atoms with Crippen LogP contribution in [0.1, 0.15) is 51.9 Å². The Morgan fingerprint density at radius 2 is 1.85 bits per heavy atom. The van der Waals surface area contributed by atoms with Gasteiger partial charge in [-0.2, -0.15) is 0 Å². The van der Waals surface area contributed by atoms with E-state index in [4.69, 9.17) is 0 Å². The molecule has 1 aliphatic heterocycles. The molecule has 0 bridgehead atoms. The first-order chi connectivity index (χ1) is 9.65. The monoisotopic (exact) mass is 281 g/mol. The maximum absolute atomic E-state index is 3.59. The van der Waals surface area contributed by atoms with Crippen molar-refractivity contribution < 1.29 is 0 Å². The van der Waals surface area contributed by atoms with E-state index in [-0.39, 0.29) is 0 Å². The molecule has 3 unspecified atom stereocenters. The van der Waals surface area contributed by atoms with Crippen molar-refractivity contribution in [3.63, 3.8) is 0 Å². The fourth-order valence-corrected chi connectivity index (χ4v) is 4.36. The van der Waals surface area contributed by atoms with E-state index in [1.165, 1.54) is 58.0 Å². The average molecular weight is 281 g/mol. The molecule has 1 heterocycles. The topological polar surface area (TPSA) is 18.5 Å². The van der Waals surface area contributed by atoms with Crippen molar-refractivity contribution in [1.29, 1.82) is 0 Å². The van der Waals surface area contributed by atoms with Crippen LogP contribution in [-0.2, 0) is 0 Å². The SMILES string of the molecule is CCCC1CCC(NC)C(N(C)C2CCN(C)CC2)C1. The largest absolute Gasteiger partial charge is 0.315 e. The third-order valence-corrected chi connectivity index (χ3v) is 5.78. The highest BCUT2D eigenvalue weighted by atomic mass is 15.2. The molecular formula is C17H35N3. The maximum atomic E-state index is 3.59. The van der Waals surface area contributed by atoms with Gasteiger partial charge in [-0.05, 0) is 72.3 Å². The van der Waals surface area contributed by atoms with E-state index in [1.54, 1.807) is 0 Å². The zero-order valence-corrected chi connectivity index (χ0v) is 14.1. The normalized spacial score (nSPS) is 33.8. The van der Waals surface area contributed by atoms with Crippen LogP contribution >= 0.6 is 0 Å². The summed E-state index contributed by atoms with van der Waals surface area (Å²) in [5.41, 5.74) is 0. The van der Waals surface area contributed by atoms with E-state index in [0.29, 0.717) is 6.04 Å². The summed E-state index contributed by atoms with van der Waals surface area (Å²) in [6.07, 6.45) is 9.66. The fraction of sp³-hybridized carbons (Fsp3) is 1.00. The lowest BCUT2D eigenvalue weighted by Crippen LogP contribution is -2.55. The van der Waals surface area contributed by atoms with Gasteiger partial charge in [-0.1, -0.05) is 19.8 Å². The highest BCUT2D eigenvalue weighted by molar-refractivity contribution is 4.92. The minimum Gasteiger partial charge on any atom is -0.315 e. The van der Waals surface area contributed by atoms with Crippen LogP contribution < -0.4 is 5.32 Å². The van der Waals surface area contributed by atoms with Crippen molar-refractivity contribution in [2.75, 3.05) is 34.2 Å². The molecule has 0 radical (unpaired) electrons. The van der Waals surface area contributed by atoms with Crippen molar-refractivity contribution in [2.45, 2.75) is 70.0 Å². The van der Waals surface area contributed by atoms with E-state index in [9.17, 15) is 0 Å². The van der Waals surface area contributed by atoms with Crippen LogP contribution in [0.15, 0.2) is 0 Å². The van der Waals surface area contributed by atoms with E-state index in [1.807, 2.05) is 0 Å². The number of rotatable bonds is 5. The van der Waals surface area contributed by atoms with Gasteiger partial charge in [0.2, 0.25) is 0 Å². The Morgan fingerprint density at radius 3 is 2.45 bits per heavy atom. The summed E-state index contributed by atoms with van der Waals surface area (Å²) in [7, 11) is 6.80. The van der Waals surface area contributed by atoms with Crippen LogP contribution in [-0.4, -0.2) is 62.2 Å². The molecule has 0 aromatic rings. The standard InChI is InChI=1S/C17H35N3/c1-5-6-14-7-8-16(18-2)17(13-14)20(4)15-9-11-19(3)12-10-15/h14-18H,5-13H2,1-4H3. The lowest BCUT2D eigenvalue weighted by molar-refractivity contribution is 0.0548. The zero-order valence-electron chi connectivity index (χ0n) is 14.1. The minimum absolute atomic E-state index is 0.702. The van der Waals surface area contributed by atoms with Crippen molar-refractivity contribution in [2.24, 2.45) is 5.92 Å². The summed E-state index contributed by atoms with van der Waals surface area (Å²) in [6.45, 7) is 4.87. The molecule has 1 saturated carbocycles. The summed E-state index contributed by atoms with van der Waals surface area (Å²) in [4.78, 5) is 5.20. The molecule has 1 saturated heterocycles. The van der Waals surface area contributed by atoms with Gasteiger partial charge in [-0.15, -0.1) is 0 Å². The smallest absolute Gasteiger partial charge is 0.0251 e. The molecule has 2 aliphatic rings. The average Bonchev–Trinajstić information content (AvgIpc) is 2.47. The molecule has 0 amide bonds. The predicted molar refractivity (Wildman–Crippen MR) is 87.2 cm³/mol. The molecule has 0 aromatic carbocycles. The number of likely N-dealkylation sites (tertiary alicyclic amines) is 1. The van der Waals surface area contributed by atoms with Crippen molar-refractivity contribution >= 4 is 0 Å². The van der Waals surface area contributed by atoms with Gasteiger partial charge in [0.05, 0.1) is 0 Å². The fourth-order valence-electron chi connectivity index (χ4n) is 4.36. The Hall–Kier alpha value is -0.120. The first-order valence-electron chi connectivity index (χ1n) is 8.73. The molecule has 0 aromatic heterocycles. The molecule has 1 N–H and O–H groups in total. The van der Waals surface area contributed by atoms with Gasteiger partial charge >= 0.3 is 0 Å². The third kappa shape index (κ3) is 3.96. The maximum Gasteiger partial charge on any atom is 0.0251 e. The highest BCUT2D eigenvalue weighted by Crippen LogP contribution is 2.32. The minimum atomic E-state index is 0.702. The van der Waals surface area contributed by atoms with Crippen molar-refractivity contribution in [3.8, 4) is 0 Å². The summed E-state index contributed by atoms with van der Waals surface area (Å²) in [5.74, 6) is 0.961. The Kier molecular flexibility index (Phi) is 6.31. The van der Waals surface area contributed by atoms with E-state index < -0.39 is 0 Å². The molecule has 3 nitrogen and oxygen atoms in total. The van der Waals surface area contributed by atoms with Gasteiger partial charge in [0.25, 0.3) is 0 Å². The van der Waals surface area contributed by atoms with Gasteiger partial charge < -0.3 is 10.2 Å². The van der Waals surface area contributed by atoms with Crippen molar-refractivity contribution in [3.05, 3.63) is 0 Å². The Labute approximate surface area is 126 Å². The molecule has 118 valence electrons. The Morgan fingerprint density at radius 1 is 1.15 bits per heavy atom. The Bertz CT molecular complexity index is 273. The van der Waals surface area contributed by atoms with Crippen LogP contribution in [0.4, 0.5) is 0 Å². The molecule has 3 heteroatoms. The van der Waals surface area contributed by atoms with Gasteiger partial charge in [-0.3, -0.25) is 4.90 Å². The first-order valence-corrected chi connectivity index (χ1v) is 8.73. The molecular weight excluding hydrogens is 246 g/mol. The molecule has 2 fully saturated rings. The highest BCUT2D eigenvalue weighted by Gasteiger charge is 2.35. The lowest BCUT2D eigenvalue weighted by Gasteiger charge is -2.46. The number of hydrogen-bond donors (Lipinski definition) is 1. The van der Waals surface area contributed by atoms with Crippen LogP contribution in [0.3, 0.4) is 0 Å². The van der Waals surface area contributed by atoms with Gasteiger partial charge in [0.15, 0.2) is 0 Å². The number of likely N-dealkylation sites (N-methyl/N-ethyl adjacent to an activating group) is 2. The van der Waals surface area contributed by atoms with Gasteiger partial charge in [0, 0.05) is 18.1 Å². The molecule has 1 aliphatic carbocycles. The second kappa shape index (κ2) is 7.77. The van der Waals surface area contributed by atoms with Crippen LogP contribution in [0.25, 0.3) is 0 Å². The molecule has 3 atom stereocenters. The molecule has 0 spiro atoms. The number of nitrogens with zero attached hydrogens (tertiary/aromatic N) is 2. The van der Waals surface area contributed by atoms with E-state index in [2.05, 4.69) is 43.2 Å². The van der Waals surface area contributed by atoms with Crippen LogP contribution in [0, 0.1) is 5.92 Å². The number of hydrogen-bond acceptors (Lipinski definition) is 3. The zero-order chi connectivity index (χ0) is 14.5. The number of piperidine rings is 1. The summed E-state index contributed by atoms with van der Waals surface area (Å²) < 4.78 is 0. The van der Waals surface area contributed by atoms with Crippen molar-refractivity contribution in [1.82, 2.24) is 15.1 Å². The second-order valence-corrected chi connectivity index (χ2v) is 7.13.